The molecular formula is C24H23N3O2. The summed E-state index contributed by atoms with van der Waals surface area (Å²) in [6, 6.07) is 19.7. The Balaban J connectivity index is 1.65. The van der Waals surface area contributed by atoms with Crippen molar-refractivity contribution in [3.63, 3.8) is 0 Å². The van der Waals surface area contributed by atoms with Gasteiger partial charge in [0.05, 0.1) is 5.56 Å². The maximum Gasteiger partial charge on any atom is 0.157 e. The number of pyridine rings is 1. The fourth-order valence-corrected chi connectivity index (χ4v) is 2.92. The maximum absolute atomic E-state index is 6.00. The third kappa shape index (κ3) is 4.63. The van der Waals surface area contributed by atoms with Gasteiger partial charge < -0.3 is 14.5 Å². The largest absolute Gasteiger partial charge is 0.489 e. The van der Waals surface area contributed by atoms with Crippen molar-refractivity contribution in [2.24, 2.45) is 0 Å². The number of aromatic amines is 1. The summed E-state index contributed by atoms with van der Waals surface area (Å²) in [5.74, 6) is 2.21. The Morgan fingerprint density at radius 3 is 2.66 bits per heavy atom. The summed E-state index contributed by atoms with van der Waals surface area (Å²) in [6.45, 7) is 5.10. The molecule has 0 unspecified atom stereocenters. The Hall–Kier alpha value is -3.60. The normalized spacial score (nSPS) is 10.7. The molecule has 2 aromatic carbocycles. The number of hydrogen-bond donors (Lipinski definition) is 1. The number of aromatic nitrogens is 3. The number of benzene rings is 2. The van der Waals surface area contributed by atoms with Gasteiger partial charge in [-0.1, -0.05) is 35.9 Å². The highest BCUT2D eigenvalue weighted by Gasteiger charge is 2.13. The Labute approximate surface area is 170 Å². The van der Waals surface area contributed by atoms with E-state index >= 15 is 0 Å². The number of ether oxygens (including phenoxy) is 2. The predicted octanol–water partition coefficient (Wildman–Crippen LogP) is 5.55. The summed E-state index contributed by atoms with van der Waals surface area (Å²) in [4.78, 5) is 12.3. The van der Waals surface area contributed by atoms with E-state index in [-0.39, 0.29) is 0 Å². The van der Waals surface area contributed by atoms with Gasteiger partial charge in [-0.3, -0.25) is 0 Å². The lowest BCUT2D eigenvalue weighted by atomic mass is 10.1. The van der Waals surface area contributed by atoms with Crippen LogP contribution in [0.5, 0.6) is 11.5 Å². The molecule has 0 saturated heterocycles. The van der Waals surface area contributed by atoms with Crippen molar-refractivity contribution < 1.29 is 9.47 Å². The van der Waals surface area contributed by atoms with E-state index in [1.165, 1.54) is 5.57 Å². The van der Waals surface area contributed by atoms with Crippen LogP contribution in [0.3, 0.4) is 0 Å². The fraction of sp³-hybridized carbons (Fsp3) is 0.167. The molecule has 29 heavy (non-hydrogen) atoms. The van der Waals surface area contributed by atoms with Crippen LogP contribution in [0, 0.1) is 0 Å². The number of nitrogens with zero attached hydrogens (tertiary/aromatic N) is 2. The van der Waals surface area contributed by atoms with Gasteiger partial charge in [0.25, 0.3) is 0 Å². The summed E-state index contributed by atoms with van der Waals surface area (Å²) in [7, 11) is 0. The van der Waals surface area contributed by atoms with Crippen LogP contribution in [0.2, 0.25) is 0 Å². The molecule has 0 amide bonds. The molecule has 2 aromatic heterocycles. The van der Waals surface area contributed by atoms with Crippen molar-refractivity contribution >= 4 is 11.2 Å². The average Bonchev–Trinajstić information content (AvgIpc) is 3.17. The third-order valence-electron chi connectivity index (χ3n) is 4.44. The summed E-state index contributed by atoms with van der Waals surface area (Å²) >= 11 is 0. The topological polar surface area (TPSA) is 60.0 Å². The van der Waals surface area contributed by atoms with E-state index in [9.17, 15) is 0 Å². The van der Waals surface area contributed by atoms with Crippen LogP contribution < -0.4 is 9.47 Å². The summed E-state index contributed by atoms with van der Waals surface area (Å²) in [5, 5.41) is 0. The van der Waals surface area contributed by atoms with Gasteiger partial charge in [0.15, 0.2) is 5.65 Å². The molecule has 0 spiro atoms. The van der Waals surface area contributed by atoms with Crippen molar-refractivity contribution in [1.82, 2.24) is 15.0 Å². The highest BCUT2D eigenvalue weighted by molar-refractivity contribution is 5.78. The van der Waals surface area contributed by atoms with Gasteiger partial charge in [-0.15, -0.1) is 0 Å². The highest BCUT2D eigenvalue weighted by atomic mass is 16.5. The van der Waals surface area contributed by atoms with Crippen molar-refractivity contribution in [3.8, 4) is 22.9 Å². The zero-order valence-electron chi connectivity index (χ0n) is 16.6. The van der Waals surface area contributed by atoms with Gasteiger partial charge in [-0.2, -0.15) is 0 Å². The number of hydrogen-bond acceptors (Lipinski definition) is 4. The molecule has 4 aromatic rings. The molecular weight excluding hydrogens is 362 g/mol. The van der Waals surface area contributed by atoms with Gasteiger partial charge in [-0.05, 0) is 55.8 Å². The van der Waals surface area contributed by atoms with E-state index in [1.807, 2.05) is 66.7 Å². The minimum atomic E-state index is 0.498. The van der Waals surface area contributed by atoms with Crippen molar-refractivity contribution in [2.75, 3.05) is 6.61 Å². The molecule has 2 heterocycles. The molecule has 0 atom stereocenters. The van der Waals surface area contributed by atoms with Crippen LogP contribution in [0.25, 0.3) is 22.6 Å². The molecule has 5 heteroatoms. The molecule has 0 aliphatic rings. The zero-order chi connectivity index (χ0) is 20.1. The van der Waals surface area contributed by atoms with Crippen molar-refractivity contribution in [2.45, 2.75) is 20.5 Å². The van der Waals surface area contributed by atoms with Gasteiger partial charge in [0, 0.05) is 6.20 Å². The Morgan fingerprint density at radius 2 is 1.86 bits per heavy atom. The van der Waals surface area contributed by atoms with E-state index < -0.39 is 0 Å². The molecule has 0 saturated carbocycles. The summed E-state index contributed by atoms with van der Waals surface area (Å²) in [5.41, 5.74) is 4.73. The Morgan fingerprint density at radius 1 is 1.00 bits per heavy atom. The molecule has 5 nitrogen and oxygen atoms in total. The van der Waals surface area contributed by atoms with E-state index in [0.717, 1.165) is 33.8 Å². The first-order valence-corrected chi connectivity index (χ1v) is 9.57. The second-order valence-electron chi connectivity index (χ2n) is 6.98. The van der Waals surface area contributed by atoms with Crippen LogP contribution in [-0.2, 0) is 6.61 Å². The maximum atomic E-state index is 6.00. The Kier molecular flexibility index (Phi) is 5.56. The first kappa shape index (κ1) is 18.7. The van der Waals surface area contributed by atoms with Gasteiger partial charge in [0.1, 0.15) is 36.1 Å². The monoisotopic (exact) mass is 385 g/mol. The SMILES string of the molecule is CC(C)=CCOc1ccc(OCc2ccccc2)cc1-c1nc2cccnc2[nH]1. The number of fused-ring (bicyclic) bond motifs is 1. The van der Waals surface area contributed by atoms with Crippen molar-refractivity contribution in [3.05, 3.63) is 84.1 Å². The first-order chi connectivity index (χ1) is 14.2. The predicted molar refractivity (Wildman–Crippen MR) is 115 cm³/mol. The van der Waals surface area contributed by atoms with Crippen LogP contribution in [0.4, 0.5) is 0 Å². The Bertz CT molecular complexity index is 1100. The van der Waals surface area contributed by atoms with E-state index in [1.54, 1.807) is 6.20 Å². The van der Waals surface area contributed by atoms with Crippen LogP contribution in [0.1, 0.15) is 19.4 Å². The molecule has 1 N–H and O–H groups in total. The van der Waals surface area contributed by atoms with Gasteiger partial charge >= 0.3 is 0 Å². The second-order valence-corrected chi connectivity index (χ2v) is 6.98. The third-order valence-corrected chi connectivity index (χ3v) is 4.44. The lowest BCUT2D eigenvalue weighted by Gasteiger charge is -2.12. The quantitative estimate of drug-likeness (QED) is 0.424. The number of nitrogens with one attached hydrogen (secondary N) is 1. The van der Waals surface area contributed by atoms with Gasteiger partial charge in [-0.25, -0.2) is 9.97 Å². The number of imidazole rings is 1. The lowest BCUT2D eigenvalue weighted by molar-refractivity contribution is 0.305. The molecule has 0 bridgehead atoms. The zero-order valence-corrected chi connectivity index (χ0v) is 16.6. The minimum Gasteiger partial charge on any atom is -0.489 e. The molecule has 4 rings (SSSR count). The molecule has 146 valence electrons. The first-order valence-electron chi connectivity index (χ1n) is 9.57. The van der Waals surface area contributed by atoms with E-state index in [4.69, 9.17) is 9.47 Å². The second kappa shape index (κ2) is 8.61. The van der Waals surface area contributed by atoms with Crippen LogP contribution in [-0.4, -0.2) is 21.6 Å². The molecule has 0 aliphatic carbocycles. The van der Waals surface area contributed by atoms with Crippen LogP contribution >= 0.6 is 0 Å². The average molecular weight is 385 g/mol. The highest BCUT2D eigenvalue weighted by Crippen LogP contribution is 2.33. The standard InChI is InChI=1S/C24H23N3O2/c1-17(2)12-14-28-22-11-10-19(29-16-18-7-4-3-5-8-18)15-20(22)23-26-21-9-6-13-25-24(21)27-23/h3-13,15H,14,16H2,1-2H3,(H,25,26,27). The van der Waals surface area contributed by atoms with Crippen LogP contribution in [0.15, 0.2) is 78.5 Å². The smallest absolute Gasteiger partial charge is 0.157 e. The van der Waals surface area contributed by atoms with Crippen molar-refractivity contribution in [1.29, 1.82) is 0 Å². The summed E-state index contributed by atoms with van der Waals surface area (Å²) in [6.07, 6.45) is 3.79. The molecule has 0 fully saturated rings. The number of allylic oxidation sites excluding steroid dienone is 1. The summed E-state index contributed by atoms with van der Waals surface area (Å²) < 4.78 is 12.0. The number of H-pyrrole nitrogens is 1. The van der Waals surface area contributed by atoms with E-state index in [0.29, 0.717) is 19.0 Å². The lowest BCUT2D eigenvalue weighted by Crippen LogP contribution is -1.99. The number of rotatable bonds is 7. The molecule has 0 aliphatic heterocycles. The van der Waals surface area contributed by atoms with E-state index in [2.05, 4.69) is 28.8 Å². The molecule has 0 radical (unpaired) electrons. The minimum absolute atomic E-state index is 0.498. The fourth-order valence-electron chi connectivity index (χ4n) is 2.92. The van der Waals surface area contributed by atoms with Gasteiger partial charge in [0.2, 0.25) is 0 Å².